The highest BCUT2D eigenvalue weighted by Gasteiger charge is 2.11. The number of anilines is 2. The number of nitrogens with one attached hydrogen (secondary N) is 2. The Morgan fingerprint density at radius 1 is 0.914 bits per heavy atom. The number of aryl methyl sites for hydroxylation is 3. The summed E-state index contributed by atoms with van der Waals surface area (Å²) in [6.07, 6.45) is 0. The van der Waals surface area contributed by atoms with Crippen molar-refractivity contribution in [2.24, 2.45) is 0 Å². The zero-order chi connectivity index (χ0) is 24.9. The van der Waals surface area contributed by atoms with Gasteiger partial charge in [0, 0.05) is 29.2 Å². The van der Waals surface area contributed by atoms with Gasteiger partial charge in [-0.05, 0) is 63.2 Å². The van der Waals surface area contributed by atoms with Gasteiger partial charge in [-0.2, -0.15) is 18.9 Å². The lowest BCUT2D eigenvalue weighted by atomic mass is 10.3. The van der Waals surface area contributed by atoms with Gasteiger partial charge in [-0.1, -0.05) is 6.07 Å². The fraction of sp³-hybridized carbons (Fsp3) is 0.167. The molecule has 0 aliphatic rings. The van der Waals surface area contributed by atoms with Crippen molar-refractivity contribution >= 4 is 17.4 Å². The molecule has 0 aliphatic carbocycles. The van der Waals surface area contributed by atoms with Crippen molar-refractivity contribution in [3.05, 3.63) is 77.9 Å². The van der Waals surface area contributed by atoms with Crippen LogP contribution in [-0.4, -0.2) is 32.4 Å². The van der Waals surface area contributed by atoms with Gasteiger partial charge in [0.2, 0.25) is 5.88 Å². The number of amides is 2. The largest absolute Gasteiger partial charge is 0.439 e. The Morgan fingerprint density at radius 3 is 2.34 bits per heavy atom. The number of carbonyl (C=O) groups excluding carboxylic acids is 1. The minimum absolute atomic E-state index is 0.0553. The van der Waals surface area contributed by atoms with Crippen LogP contribution in [0.5, 0.6) is 17.4 Å². The van der Waals surface area contributed by atoms with Gasteiger partial charge in [0.1, 0.15) is 17.3 Å². The van der Waals surface area contributed by atoms with Crippen molar-refractivity contribution in [3.8, 4) is 23.2 Å². The number of hydrogen-bond acceptors (Lipinski definition) is 6. The molecule has 9 nitrogen and oxygen atoms in total. The van der Waals surface area contributed by atoms with Crippen LogP contribution in [0, 0.1) is 20.8 Å². The van der Waals surface area contributed by atoms with Crippen LogP contribution in [0.4, 0.5) is 25.0 Å². The fourth-order valence-corrected chi connectivity index (χ4v) is 3.32. The number of alkyl halides is 2. The minimum atomic E-state index is -2.95. The van der Waals surface area contributed by atoms with Gasteiger partial charge >= 0.3 is 12.6 Å². The zero-order valence-corrected chi connectivity index (χ0v) is 19.1. The molecule has 2 N–H and O–H groups in total. The van der Waals surface area contributed by atoms with E-state index < -0.39 is 12.6 Å². The lowest BCUT2D eigenvalue weighted by Gasteiger charge is -2.11. The smallest absolute Gasteiger partial charge is 0.387 e. The molecular weight excluding hydrogens is 458 g/mol. The van der Waals surface area contributed by atoms with Gasteiger partial charge < -0.3 is 20.1 Å². The average molecular weight is 480 g/mol. The molecule has 2 aromatic carbocycles. The molecule has 35 heavy (non-hydrogen) atoms. The molecule has 0 saturated carbocycles. The van der Waals surface area contributed by atoms with Crippen molar-refractivity contribution in [1.29, 1.82) is 0 Å². The van der Waals surface area contributed by atoms with Crippen LogP contribution in [0.3, 0.4) is 0 Å². The maximum absolute atomic E-state index is 12.4. The van der Waals surface area contributed by atoms with Gasteiger partial charge in [-0.25, -0.2) is 14.5 Å². The molecule has 4 aromatic rings. The topological polar surface area (TPSA) is 103 Å². The predicted octanol–water partition coefficient (Wildman–Crippen LogP) is 5.63. The number of nitrogens with zero attached hydrogens (tertiary/aromatic N) is 4. The summed E-state index contributed by atoms with van der Waals surface area (Å²) in [6.45, 7) is 2.66. The van der Waals surface area contributed by atoms with Crippen molar-refractivity contribution < 1.29 is 23.0 Å². The summed E-state index contributed by atoms with van der Waals surface area (Å²) in [7, 11) is 0. The predicted molar refractivity (Wildman–Crippen MR) is 126 cm³/mol. The maximum atomic E-state index is 12.4. The van der Waals surface area contributed by atoms with E-state index >= 15 is 0 Å². The standard InChI is InChI=1S/C24H22F2N6O3/c1-14-11-15(2)32(31-14)21-13-22(28-16(3)27-21)34-19-9-7-17(8-10-19)29-24(33)30-18-5-4-6-20(12-18)35-23(25)26/h4-13,23H,1-3H3,(H2,29,30,33). The van der Waals surface area contributed by atoms with Gasteiger partial charge in [-0.3, -0.25) is 0 Å². The summed E-state index contributed by atoms with van der Waals surface area (Å²) in [5.74, 6) is 1.93. The van der Waals surface area contributed by atoms with Gasteiger partial charge in [0.25, 0.3) is 0 Å². The Balaban J connectivity index is 1.40. The molecule has 0 atom stereocenters. The third-order valence-corrected chi connectivity index (χ3v) is 4.68. The van der Waals surface area contributed by atoms with Crippen molar-refractivity contribution in [2.75, 3.05) is 10.6 Å². The van der Waals surface area contributed by atoms with E-state index in [9.17, 15) is 13.6 Å². The minimum Gasteiger partial charge on any atom is -0.439 e. The van der Waals surface area contributed by atoms with E-state index in [1.54, 1.807) is 48.0 Å². The van der Waals surface area contributed by atoms with E-state index in [1.807, 2.05) is 19.9 Å². The summed E-state index contributed by atoms with van der Waals surface area (Å²) in [6, 6.07) is 15.5. The van der Waals surface area contributed by atoms with Gasteiger partial charge in [0.05, 0.1) is 5.69 Å². The molecule has 0 fully saturated rings. The van der Waals surface area contributed by atoms with E-state index in [1.165, 1.54) is 18.2 Å². The van der Waals surface area contributed by atoms with Crippen LogP contribution in [0.25, 0.3) is 5.82 Å². The first kappa shape index (κ1) is 23.6. The molecule has 0 unspecified atom stereocenters. The summed E-state index contributed by atoms with van der Waals surface area (Å²) in [4.78, 5) is 21.0. The third-order valence-electron chi connectivity index (χ3n) is 4.68. The van der Waals surface area contributed by atoms with E-state index in [0.717, 1.165) is 11.4 Å². The number of carbonyl (C=O) groups is 1. The van der Waals surface area contributed by atoms with Crippen LogP contribution < -0.4 is 20.1 Å². The highest BCUT2D eigenvalue weighted by Crippen LogP contribution is 2.24. The van der Waals surface area contributed by atoms with Crippen LogP contribution in [0.1, 0.15) is 17.2 Å². The first-order chi connectivity index (χ1) is 16.7. The summed E-state index contributed by atoms with van der Waals surface area (Å²) < 4.78 is 36.7. The van der Waals surface area contributed by atoms with Crippen LogP contribution in [-0.2, 0) is 0 Å². The molecule has 180 valence electrons. The molecule has 0 bridgehead atoms. The van der Waals surface area contributed by atoms with Crippen LogP contribution in [0.2, 0.25) is 0 Å². The van der Waals surface area contributed by atoms with Gasteiger partial charge in [0.15, 0.2) is 5.82 Å². The van der Waals surface area contributed by atoms with Crippen molar-refractivity contribution in [1.82, 2.24) is 19.7 Å². The van der Waals surface area contributed by atoms with E-state index in [0.29, 0.717) is 34.6 Å². The Kier molecular flexibility index (Phi) is 6.86. The highest BCUT2D eigenvalue weighted by molar-refractivity contribution is 5.99. The lowest BCUT2D eigenvalue weighted by Crippen LogP contribution is -2.19. The molecule has 0 saturated heterocycles. The van der Waals surface area contributed by atoms with Crippen LogP contribution >= 0.6 is 0 Å². The second-order valence-electron chi connectivity index (χ2n) is 7.56. The molecule has 4 rings (SSSR count). The second kappa shape index (κ2) is 10.2. The fourth-order valence-electron chi connectivity index (χ4n) is 3.32. The quantitative estimate of drug-likeness (QED) is 0.356. The average Bonchev–Trinajstić information content (AvgIpc) is 3.12. The van der Waals surface area contributed by atoms with Crippen LogP contribution in [0.15, 0.2) is 60.7 Å². The monoisotopic (exact) mass is 480 g/mol. The summed E-state index contributed by atoms with van der Waals surface area (Å²) in [5, 5.41) is 9.66. The number of aromatic nitrogens is 4. The van der Waals surface area contributed by atoms with E-state index in [2.05, 4.69) is 30.4 Å². The summed E-state index contributed by atoms with van der Waals surface area (Å²) in [5.41, 5.74) is 2.62. The first-order valence-electron chi connectivity index (χ1n) is 10.6. The Bertz CT molecular complexity index is 1340. The Morgan fingerprint density at radius 2 is 1.66 bits per heavy atom. The number of benzene rings is 2. The number of rotatable bonds is 7. The Hall–Kier alpha value is -4.54. The number of ether oxygens (including phenoxy) is 2. The number of hydrogen-bond donors (Lipinski definition) is 2. The third kappa shape index (κ3) is 6.28. The number of halogens is 2. The van der Waals surface area contributed by atoms with Crippen molar-refractivity contribution in [3.63, 3.8) is 0 Å². The molecule has 2 amide bonds. The van der Waals surface area contributed by atoms with Crippen molar-refractivity contribution in [2.45, 2.75) is 27.4 Å². The SMILES string of the molecule is Cc1cc(C)n(-c2cc(Oc3ccc(NC(=O)Nc4cccc(OC(F)F)c4)cc3)nc(C)n2)n1. The molecular formula is C24H22F2N6O3. The molecule has 0 aliphatic heterocycles. The second-order valence-corrected chi connectivity index (χ2v) is 7.56. The van der Waals surface area contributed by atoms with E-state index in [-0.39, 0.29) is 5.75 Å². The normalized spacial score (nSPS) is 10.8. The molecule has 0 spiro atoms. The molecule has 2 aromatic heterocycles. The van der Waals surface area contributed by atoms with E-state index in [4.69, 9.17) is 4.74 Å². The lowest BCUT2D eigenvalue weighted by molar-refractivity contribution is -0.0498. The first-order valence-corrected chi connectivity index (χ1v) is 10.6. The Labute approximate surface area is 199 Å². The molecule has 2 heterocycles. The highest BCUT2D eigenvalue weighted by atomic mass is 19.3. The molecule has 11 heteroatoms. The van der Waals surface area contributed by atoms with Gasteiger partial charge in [-0.15, -0.1) is 0 Å². The maximum Gasteiger partial charge on any atom is 0.387 e. The number of urea groups is 1. The summed E-state index contributed by atoms with van der Waals surface area (Å²) >= 11 is 0. The molecule has 0 radical (unpaired) electrons. The zero-order valence-electron chi connectivity index (χ0n) is 19.1.